The van der Waals surface area contributed by atoms with Crippen LogP contribution in [0.15, 0.2) is 24.3 Å². The van der Waals surface area contributed by atoms with Gasteiger partial charge >= 0.3 is 0 Å². The zero-order chi connectivity index (χ0) is 12.7. The van der Waals surface area contributed by atoms with Crippen molar-refractivity contribution >= 4 is 47.0 Å². The molecule has 0 N–H and O–H groups in total. The summed E-state index contributed by atoms with van der Waals surface area (Å²) < 4.78 is 9.07. The Balaban J connectivity index is 2.24. The van der Waals surface area contributed by atoms with Gasteiger partial charge in [0.2, 0.25) is 9.54 Å². The maximum absolute atomic E-state index is 5.55. The van der Waals surface area contributed by atoms with E-state index in [9.17, 15) is 0 Å². The Morgan fingerprint density at radius 1 is 0.889 bits per heavy atom. The smallest absolute Gasteiger partial charge is 0.201 e. The van der Waals surface area contributed by atoms with Gasteiger partial charge in [0, 0.05) is 16.7 Å². The van der Waals surface area contributed by atoms with E-state index in [0.29, 0.717) is 0 Å². The zero-order valence-corrected chi connectivity index (χ0v) is 13.5. The van der Waals surface area contributed by atoms with Crippen LogP contribution in [-0.4, -0.2) is 13.9 Å². The first-order valence-electron chi connectivity index (χ1n) is 5.87. The van der Waals surface area contributed by atoms with Crippen LogP contribution in [0.1, 0.15) is 12.8 Å². The second-order valence-corrected chi connectivity index (χ2v) is 6.31. The zero-order valence-electron chi connectivity index (χ0n) is 9.67. The summed E-state index contributed by atoms with van der Waals surface area (Å²) in [6.45, 7) is 1.94. The third-order valence-electron chi connectivity index (χ3n) is 3.19. The average molecular weight is 389 g/mol. The number of benzene rings is 1. The van der Waals surface area contributed by atoms with Gasteiger partial charge < -0.3 is 0 Å². The van der Waals surface area contributed by atoms with Crippen LogP contribution in [0.3, 0.4) is 0 Å². The summed E-state index contributed by atoms with van der Waals surface area (Å²) in [6, 6.07) is 8.29. The standard InChI is InChI=1S/C12H12IN3S2/c13-9-3-5-10(6-4-9)16-11(17)14-7-1-2-8-15(14)12(16)18/h3-6H,1-2,7-8H2. The molecule has 1 aliphatic heterocycles. The van der Waals surface area contributed by atoms with Crippen LogP contribution >= 0.6 is 47.0 Å². The van der Waals surface area contributed by atoms with Crippen molar-refractivity contribution in [2.75, 3.05) is 0 Å². The lowest BCUT2D eigenvalue weighted by molar-refractivity contribution is 0.357. The van der Waals surface area contributed by atoms with Gasteiger partial charge in [-0.3, -0.25) is 13.9 Å². The van der Waals surface area contributed by atoms with Crippen molar-refractivity contribution < 1.29 is 0 Å². The minimum Gasteiger partial charge on any atom is -0.261 e. The number of aromatic nitrogens is 3. The van der Waals surface area contributed by atoms with Crippen molar-refractivity contribution in [3.8, 4) is 5.69 Å². The molecule has 0 unspecified atom stereocenters. The molecular weight excluding hydrogens is 377 g/mol. The number of rotatable bonds is 1. The van der Waals surface area contributed by atoms with Gasteiger partial charge in [0.05, 0.1) is 5.69 Å². The molecule has 94 valence electrons. The van der Waals surface area contributed by atoms with Gasteiger partial charge in [-0.15, -0.1) is 0 Å². The van der Waals surface area contributed by atoms with Crippen molar-refractivity contribution in [1.82, 2.24) is 13.9 Å². The van der Waals surface area contributed by atoms with Crippen LogP contribution in [-0.2, 0) is 13.1 Å². The number of fused-ring (bicyclic) bond motifs is 1. The predicted molar refractivity (Wildman–Crippen MR) is 85.4 cm³/mol. The Morgan fingerprint density at radius 3 is 1.89 bits per heavy atom. The Kier molecular flexibility index (Phi) is 3.42. The van der Waals surface area contributed by atoms with Gasteiger partial charge in [0.1, 0.15) is 0 Å². The highest BCUT2D eigenvalue weighted by Gasteiger charge is 2.14. The molecule has 1 aromatic carbocycles. The summed E-state index contributed by atoms with van der Waals surface area (Å²) in [7, 11) is 0. The minimum atomic E-state index is 0.806. The van der Waals surface area contributed by atoms with E-state index in [1.54, 1.807) is 0 Å². The fraction of sp³-hybridized carbons (Fsp3) is 0.333. The first-order chi connectivity index (χ1) is 8.68. The number of nitrogens with zero attached hydrogens (tertiary/aromatic N) is 3. The van der Waals surface area contributed by atoms with E-state index < -0.39 is 0 Å². The van der Waals surface area contributed by atoms with E-state index in [1.807, 2.05) is 4.57 Å². The summed E-state index contributed by atoms with van der Waals surface area (Å²) in [5.41, 5.74) is 1.06. The summed E-state index contributed by atoms with van der Waals surface area (Å²) in [5.74, 6) is 0. The van der Waals surface area contributed by atoms with Crippen LogP contribution in [0.25, 0.3) is 5.69 Å². The van der Waals surface area contributed by atoms with Crippen LogP contribution in [0, 0.1) is 13.1 Å². The highest BCUT2D eigenvalue weighted by Crippen LogP contribution is 2.17. The summed E-state index contributed by atoms with van der Waals surface area (Å²) in [6.07, 6.45) is 2.36. The molecular formula is C12H12IN3S2. The molecule has 2 aromatic rings. The van der Waals surface area contributed by atoms with Crippen LogP contribution < -0.4 is 0 Å². The molecule has 3 nitrogen and oxygen atoms in total. The van der Waals surface area contributed by atoms with Crippen molar-refractivity contribution in [3.63, 3.8) is 0 Å². The molecule has 0 spiro atoms. The SMILES string of the molecule is S=c1n(-c2ccc(I)cc2)c(=S)n2n1CCCC2. The molecule has 0 amide bonds. The van der Waals surface area contributed by atoms with E-state index in [0.717, 1.165) is 28.3 Å². The van der Waals surface area contributed by atoms with E-state index in [2.05, 4.69) is 56.2 Å². The van der Waals surface area contributed by atoms with Crippen LogP contribution in [0.4, 0.5) is 0 Å². The van der Waals surface area contributed by atoms with Crippen molar-refractivity contribution in [3.05, 3.63) is 37.4 Å². The molecule has 3 rings (SSSR count). The Bertz CT molecular complexity index is 656. The molecule has 2 heterocycles. The van der Waals surface area contributed by atoms with Crippen LogP contribution in [0.5, 0.6) is 0 Å². The summed E-state index contributed by atoms with van der Waals surface area (Å²) >= 11 is 13.4. The lowest BCUT2D eigenvalue weighted by Gasteiger charge is -2.15. The van der Waals surface area contributed by atoms with Crippen molar-refractivity contribution in [1.29, 1.82) is 0 Å². The highest BCUT2D eigenvalue weighted by atomic mass is 127. The summed E-state index contributed by atoms with van der Waals surface area (Å²) in [5, 5.41) is 0. The Labute approximate surface area is 129 Å². The van der Waals surface area contributed by atoms with Crippen molar-refractivity contribution in [2.45, 2.75) is 25.9 Å². The van der Waals surface area contributed by atoms with Crippen LogP contribution in [0.2, 0.25) is 0 Å². The Hall–Kier alpha value is -0.470. The number of hydrogen-bond acceptors (Lipinski definition) is 2. The van der Waals surface area contributed by atoms with Gasteiger partial charge in [-0.1, -0.05) is 0 Å². The van der Waals surface area contributed by atoms with Gasteiger partial charge in [0.25, 0.3) is 0 Å². The quantitative estimate of drug-likeness (QED) is 0.542. The molecule has 0 bridgehead atoms. The lowest BCUT2D eigenvalue weighted by Crippen LogP contribution is -2.18. The van der Waals surface area contributed by atoms with Gasteiger partial charge in [-0.2, -0.15) is 0 Å². The molecule has 18 heavy (non-hydrogen) atoms. The Morgan fingerprint density at radius 2 is 1.39 bits per heavy atom. The number of halogens is 1. The maximum atomic E-state index is 5.55. The maximum Gasteiger partial charge on any atom is 0.201 e. The van der Waals surface area contributed by atoms with Gasteiger partial charge in [0.15, 0.2) is 0 Å². The first-order valence-corrected chi connectivity index (χ1v) is 7.76. The predicted octanol–water partition coefficient (Wildman–Crippen LogP) is 3.94. The first kappa shape index (κ1) is 12.6. The lowest BCUT2D eigenvalue weighted by atomic mass is 10.3. The molecule has 0 saturated heterocycles. The van der Waals surface area contributed by atoms with Gasteiger partial charge in [-0.25, -0.2) is 0 Å². The highest BCUT2D eigenvalue weighted by molar-refractivity contribution is 14.1. The largest absolute Gasteiger partial charge is 0.261 e. The molecule has 0 aliphatic carbocycles. The monoisotopic (exact) mass is 389 g/mol. The summed E-state index contributed by atoms with van der Waals surface area (Å²) in [4.78, 5) is 0. The molecule has 1 aromatic heterocycles. The van der Waals surface area contributed by atoms with E-state index in [4.69, 9.17) is 24.4 Å². The fourth-order valence-electron chi connectivity index (χ4n) is 2.29. The van der Waals surface area contributed by atoms with E-state index in [-0.39, 0.29) is 0 Å². The second-order valence-electron chi connectivity index (χ2n) is 4.33. The third kappa shape index (κ3) is 2.00. The van der Waals surface area contributed by atoms with Gasteiger partial charge in [-0.05, 0) is 84.1 Å². The normalized spacial score (nSPS) is 14.5. The third-order valence-corrected chi connectivity index (χ3v) is 4.70. The molecule has 0 radical (unpaired) electrons. The number of hydrogen-bond donors (Lipinski definition) is 0. The fourth-order valence-corrected chi connectivity index (χ4v) is 3.47. The minimum absolute atomic E-state index is 0.806. The molecule has 0 fully saturated rings. The average Bonchev–Trinajstić information content (AvgIpc) is 2.64. The van der Waals surface area contributed by atoms with E-state index >= 15 is 0 Å². The van der Waals surface area contributed by atoms with Crippen molar-refractivity contribution in [2.24, 2.45) is 0 Å². The molecule has 0 atom stereocenters. The van der Waals surface area contributed by atoms with E-state index in [1.165, 1.54) is 16.4 Å². The molecule has 1 aliphatic rings. The molecule has 6 heteroatoms. The topological polar surface area (TPSA) is 14.8 Å². The second kappa shape index (κ2) is 4.90. The molecule has 0 saturated carbocycles.